The minimum atomic E-state index is -0.628. The zero-order chi connectivity index (χ0) is 18.4. The Bertz CT molecular complexity index is 835. The van der Waals surface area contributed by atoms with Gasteiger partial charge in [0.1, 0.15) is 11.5 Å². The largest absolute Gasteiger partial charge is 0.507 e. The van der Waals surface area contributed by atoms with Gasteiger partial charge in [0.2, 0.25) is 5.75 Å². The molecule has 0 spiro atoms. The van der Waals surface area contributed by atoms with Crippen LogP contribution in [0.4, 0.5) is 5.69 Å². The number of nitro groups is 1. The zero-order valence-corrected chi connectivity index (χ0v) is 13.4. The molecule has 2 rings (SSSR count). The molecule has 0 unspecified atom stereocenters. The van der Waals surface area contributed by atoms with Crippen molar-refractivity contribution in [3.8, 4) is 17.2 Å². The highest BCUT2D eigenvalue weighted by atomic mass is 16.6. The maximum Gasteiger partial charge on any atom is 0.311 e. The van der Waals surface area contributed by atoms with Gasteiger partial charge in [0.05, 0.1) is 30.9 Å². The van der Waals surface area contributed by atoms with Crippen LogP contribution in [0.5, 0.6) is 17.2 Å². The van der Waals surface area contributed by atoms with E-state index in [0.29, 0.717) is 0 Å². The van der Waals surface area contributed by atoms with E-state index in [4.69, 9.17) is 9.47 Å². The van der Waals surface area contributed by atoms with Gasteiger partial charge in [-0.15, -0.1) is 0 Å². The van der Waals surface area contributed by atoms with Crippen LogP contribution in [0.1, 0.15) is 15.9 Å². The van der Waals surface area contributed by atoms with Crippen LogP contribution in [-0.2, 0) is 0 Å². The molecule has 0 aliphatic carbocycles. The number of nitrogens with one attached hydrogen (secondary N) is 1. The van der Waals surface area contributed by atoms with Gasteiger partial charge in [-0.25, -0.2) is 5.43 Å². The molecule has 9 nitrogen and oxygen atoms in total. The van der Waals surface area contributed by atoms with E-state index in [1.165, 1.54) is 44.7 Å². The predicted molar refractivity (Wildman–Crippen MR) is 89.4 cm³/mol. The number of benzene rings is 2. The number of hydrogen-bond donors (Lipinski definition) is 2. The Morgan fingerprint density at radius 2 is 1.92 bits per heavy atom. The van der Waals surface area contributed by atoms with Gasteiger partial charge in [-0.3, -0.25) is 14.9 Å². The first-order valence-electron chi connectivity index (χ1n) is 6.99. The molecule has 0 radical (unpaired) electrons. The van der Waals surface area contributed by atoms with Crippen molar-refractivity contribution in [2.24, 2.45) is 5.10 Å². The minimum Gasteiger partial charge on any atom is -0.507 e. The monoisotopic (exact) mass is 345 g/mol. The summed E-state index contributed by atoms with van der Waals surface area (Å²) in [5.41, 5.74) is 2.28. The van der Waals surface area contributed by atoms with E-state index in [1.807, 2.05) is 0 Å². The second kappa shape index (κ2) is 7.77. The summed E-state index contributed by atoms with van der Waals surface area (Å²) in [5, 5.41) is 24.4. The van der Waals surface area contributed by atoms with Crippen molar-refractivity contribution in [3.05, 3.63) is 57.6 Å². The molecule has 0 aliphatic rings. The molecule has 2 N–H and O–H groups in total. The molecule has 2 aromatic rings. The SMILES string of the molecule is COc1cc(OC)c([N+](=O)[O-])cc1/C=N\NC(=O)c1ccccc1O. The van der Waals surface area contributed by atoms with Crippen molar-refractivity contribution in [3.63, 3.8) is 0 Å². The van der Waals surface area contributed by atoms with E-state index in [0.717, 1.165) is 0 Å². The third-order valence-corrected chi connectivity index (χ3v) is 3.25. The standard InChI is InChI=1S/C16H15N3O6/c1-24-14-8-15(25-2)12(19(22)23)7-10(14)9-17-18-16(21)11-5-3-4-6-13(11)20/h3-9,20H,1-2H3,(H,18,21)/b17-9-. The molecular formula is C16H15N3O6. The number of nitrogens with zero attached hydrogens (tertiary/aromatic N) is 2. The van der Waals surface area contributed by atoms with E-state index >= 15 is 0 Å². The lowest BCUT2D eigenvalue weighted by Crippen LogP contribution is -2.17. The fraction of sp³-hybridized carbons (Fsp3) is 0.125. The number of aromatic hydroxyl groups is 1. The van der Waals surface area contributed by atoms with Crippen LogP contribution in [0, 0.1) is 10.1 Å². The van der Waals surface area contributed by atoms with Crippen LogP contribution in [0.2, 0.25) is 0 Å². The van der Waals surface area contributed by atoms with Gasteiger partial charge in [-0.05, 0) is 12.1 Å². The Morgan fingerprint density at radius 1 is 1.24 bits per heavy atom. The number of amides is 1. The molecular weight excluding hydrogens is 330 g/mol. The average Bonchev–Trinajstić information content (AvgIpc) is 2.61. The van der Waals surface area contributed by atoms with Gasteiger partial charge in [0.15, 0.2) is 0 Å². The quantitative estimate of drug-likeness (QED) is 0.469. The molecule has 25 heavy (non-hydrogen) atoms. The fourth-order valence-corrected chi connectivity index (χ4v) is 2.04. The molecule has 9 heteroatoms. The molecule has 0 aromatic heterocycles. The maximum absolute atomic E-state index is 11.9. The molecule has 0 heterocycles. The summed E-state index contributed by atoms with van der Waals surface area (Å²) in [6.07, 6.45) is 1.20. The number of ether oxygens (including phenoxy) is 2. The number of hydrazone groups is 1. The number of methoxy groups -OCH3 is 2. The molecule has 2 aromatic carbocycles. The van der Waals surface area contributed by atoms with Crippen LogP contribution in [0.3, 0.4) is 0 Å². The topological polar surface area (TPSA) is 123 Å². The van der Waals surface area contributed by atoms with E-state index in [9.17, 15) is 20.0 Å². The van der Waals surface area contributed by atoms with Crippen LogP contribution in [-0.4, -0.2) is 36.4 Å². The lowest BCUT2D eigenvalue weighted by Gasteiger charge is -2.08. The first-order valence-corrected chi connectivity index (χ1v) is 6.99. The summed E-state index contributed by atoms with van der Waals surface area (Å²) in [6.45, 7) is 0. The number of carbonyl (C=O) groups is 1. The van der Waals surface area contributed by atoms with Crippen LogP contribution in [0.25, 0.3) is 0 Å². The summed E-state index contributed by atoms with van der Waals surface area (Å²) in [7, 11) is 2.70. The number of para-hydroxylation sites is 1. The van der Waals surface area contributed by atoms with Gasteiger partial charge in [-0.1, -0.05) is 12.1 Å². The Labute approximate surface area is 142 Å². The molecule has 1 amide bonds. The normalized spacial score (nSPS) is 10.5. The van der Waals surface area contributed by atoms with Crippen molar-refractivity contribution < 1.29 is 24.3 Å². The second-order valence-corrected chi connectivity index (χ2v) is 4.74. The average molecular weight is 345 g/mol. The second-order valence-electron chi connectivity index (χ2n) is 4.74. The van der Waals surface area contributed by atoms with Gasteiger partial charge >= 0.3 is 5.69 Å². The number of rotatable bonds is 6. The van der Waals surface area contributed by atoms with E-state index in [1.54, 1.807) is 12.1 Å². The van der Waals surface area contributed by atoms with E-state index < -0.39 is 10.8 Å². The van der Waals surface area contributed by atoms with Crippen molar-refractivity contribution in [1.82, 2.24) is 5.43 Å². The lowest BCUT2D eigenvalue weighted by molar-refractivity contribution is -0.385. The van der Waals surface area contributed by atoms with Crippen molar-refractivity contribution in [2.75, 3.05) is 14.2 Å². The smallest absolute Gasteiger partial charge is 0.311 e. The molecule has 0 atom stereocenters. The Kier molecular flexibility index (Phi) is 5.51. The highest BCUT2D eigenvalue weighted by Crippen LogP contribution is 2.33. The van der Waals surface area contributed by atoms with Crippen molar-refractivity contribution >= 4 is 17.8 Å². The van der Waals surface area contributed by atoms with Crippen LogP contribution >= 0.6 is 0 Å². The molecule has 0 saturated heterocycles. The maximum atomic E-state index is 11.9. The lowest BCUT2D eigenvalue weighted by atomic mass is 10.1. The Hall–Kier alpha value is -3.62. The first-order chi connectivity index (χ1) is 12.0. The molecule has 0 bridgehead atoms. The third kappa shape index (κ3) is 4.02. The van der Waals surface area contributed by atoms with Gasteiger partial charge < -0.3 is 14.6 Å². The number of nitro benzene ring substituents is 1. The van der Waals surface area contributed by atoms with Crippen molar-refractivity contribution in [1.29, 1.82) is 0 Å². The fourth-order valence-electron chi connectivity index (χ4n) is 2.04. The summed E-state index contributed by atoms with van der Waals surface area (Å²) < 4.78 is 10.1. The third-order valence-electron chi connectivity index (χ3n) is 3.25. The summed E-state index contributed by atoms with van der Waals surface area (Å²) in [6, 6.07) is 8.54. The van der Waals surface area contributed by atoms with Crippen LogP contribution in [0.15, 0.2) is 41.5 Å². The van der Waals surface area contributed by atoms with Crippen LogP contribution < -0.4 is 14.9 Å². The Balaban J connectivity index is 2.25. The molecule has 0 saturated carbocycles. The highest BCUT2D eigenvalue weighted by molar-refractivity contribution is 5.97. The minimum absolute atomic E-state index is 0.0391. The number of phenolic OH excluding ortho intramolecular Hbond substituents is 1. The molecule has 0 aliphatic heterocycles. The number of phenols is 1. The van der Waals surface area contributed by atoms with E-state index in [2.05, 4.69) is 10.5 Å². The number of hydrogen-bond acceptors (Lipinski definition) is 7. The predicted octanol–water partition coefficient (Wildman–Crippen LogP) is 2.08. The first kappa shape index (κ1) is 17.7. The van der Waals surface area contributed by atoms with Gasteiger partial charge in [-0.2, -0.15) is 5.10 Å². The van der Waals surface area contributed by atoms with E-state index in [-0.39, 0.29) is 34.1 Å². The zero-order valence-electron chi connectivity index (χ0n) is 13.4. The van der Waals surface area contributed by atoms with Crippen molar-refractivity contribution in [2.45, 2.75) is 0 Å². The molecule has 0 fully saturated rings. The van der Waals surface area contributed by atoms with Gasteiger partial charge in [0, 0.05) is 17.7 Å². The highest BCUT2D eigenvalue weighted by Gasteiger charge is 2.19. The summed E-state index contributed by atoms with van der Waals surface area (Å²) >= 11 is 0. The van der Waals surface area contributed by atoms with Gasteiger partial charge in [0.25, 0.3) is 5.91 Å². The Morgan fingerprint density at radius 3 is 2.52 bits per heavy atom. The molecule has 130 valence electrons. The summed E-state index contributed by atoms with van der Waals surface area (Å²) in [5.74, 6) is -0.496. The number of carbonyl (C=O) groups excluding carboxylic acids is 1. The summed E-state index contributed by atoms with van der Waals surface area (Å²) in [4.78, 5) is 22.4.